The van der Waals surface area contributed by atoms with Crippen LogP contribution in [0, 0.1) is 0 Å². The molecule has 1 atom stereocenters. The fourth-order valence-electron chi connectivity index (χ4n) is 3.25. The lowest BCUT2D eigenvalue weighted by molar-refractivity contribution is 0.120. The van der Waals surface area contributed by atoms with Gasteiger partial charge in [-0.3, -0.25) is 0 Å². The van der Waals surface area contributed by atoms with E-state index in [2.05, 4.69) is 51.6 Å². The van der Waals surface area contributed by atoms with Crippen molar-refractivity contribution in [3.05, 3.63) is 78.5 Å². The monoisotopic (exact) mass is 360 g/mol. The molecule has 27 heavy (non-hydrogen) atoms. The zero-order valence-corrected chi connectivity index (χ0v) is 15.3. The molecule has 2 aromatic carbocycles. The SMILES string of the molecule is c1ccc(CN(c2ccccc2)c2nccc(NCC3CCCO3)n2)cc1. The molecule has 1 aliphatic rings. The van der Waals surface area contributed by atoms with Crippen LogP contribution in [0.2, 0.25) is 0 Å². The number of ether oxygens (including phenoxy) is 1. The zero-order valence-electron chi connectivity index (χ0n) is 15.3. The van der Waals surface area contributed by atoms with Gasteiger partial charge in [-0.1, -0.05) is 48.5 Å². The van der Waals surface area contributed by atoms with Gasteiger partial charge in [0, 0.05) is 25.0 Å². The van der Waals surface area contributed by atoms with Gasteiger partial charge >= 0.3 is 0 Å². The lowest BCUT2D eigenvalue weighted by Gasteiger charge is -2.23. The van der Waals surface area contributed by atoms with Crippen LogP contribution in [0.25, 0.3) is 0 Å². The van der Waals surface area contributed by atoms with Crippen molar-refractivity contribution in [1.29, 1.82) is 0 Å². The summed E-state index contributed by atoms with van der Waals surface area (Å²) in [5.74, 6) is 1.51. The van der Waals surface area contributed by atoms with Gasteiger partial charge in [0.05, 0.1) is 12.6 Å². The molecule has 138 valence electrons. The molecule has 4 rings (SSSR count). The second-order valence-electron chi connectivity index (χ2n) is 6.67. The van der Waals surface area contributed by atoms with Crippen LogP contribution in [0.3, 0.4) is 0 Å². The molecule has 0 saturated carbocycles. The first kappa shape index (κ1) is 17.5. The van der Waals surface area contributed by atoms with Crippen molar-refractivity contribution < 1.29 is 4.74 Å². The average molecular weight is 360 g/mol. The minimum atomic E-state index is 0.276. The maximum atomic E-state index is 5.68. The molecule has 3 aromatic rings. The molecule has 5 heteroatoms. The predicted octanol–water partition coefficient (Wildman–Crippen LogP) is 4.41. The summed E-state index contributed by atoms with van der Waals surface area (Å²) in [5, 5.41) is 3.39. The summed E-state index contributed by atoms with van der Waals surface area (Å²) in [7, 11) is 0. The molecule has 1 aliphatic heterocycles. The summed E-state index contributed by atoms with van der Waals surface area (Å²) < 4.78 is 5.68. The largest absolute Gasteiger partial charge is 0.376 e. The van der Waals surface area contributed by atoms with Crippen LogP contribution in [-0.2, 0) is 11.3 Å². The fraction of sp³-hybridized carbons (Fsp3) is 0.273. The quantitative estimate of drug-likeness (QED) is 0.676. The third-order valence-electron chi connectivity index (χ3n) is 4.67. The fourth-order valence-corrected chi connectivity index (χ4v) is 3.25. The van der Waals surface area contributed by atoms with Crippen LogP contribution >= 0.6 is 0 Å². The molecule has 1 unspecified atom stereocenters. The highest BCUT2D eigenvalue weighted by Gasteiger charge is 2.16. The number of hydrogen-bond acceptors (Lipinski definition) is 5. The summed E-state index contributed by atoms with van der Waals surface area (Å²) in [5.41, 5.74) is 2.28. The molecule has 2 heterocycles. The van der Waals surface area contributed by atoms with E-state index < -0.39 is 0 Å². The van der Waals surface area contributed by atoms with Crippen molar-refractivity contribution in [3.63, 3.8) is 0 Å². The molecular weight excluding hydrogens is 336 g/mol. The van der Waals surface area contributed by atoms with Crippen molar-refractivity contribution in [3.8, 4) is 0 Å². The van der Waals surface area contributed by atoms with Gasteiger partial charge in [-0.25, -0.2) is 4.98 Å². The Morgan fingerprint density at radius 1 is 1.00 bits per heavy atom. The molecule has 1 aromatic heterocycles. The lowest BCUT2D eigenvalue weighted by Crippen LogP contribution is -2.21. The normalized spacial score (nSPS) is 16.2. The summed E-state index contributed by atoms with van der Waals surface area (Å²) in [6, 6.07) is 22.5. The number of nitrogens with zero attached hydrogens (tertiary/aromatic N) is 3. The summed E-state index contributed by atoms with van der Waals surface area (Å²) in [4.78, 5) is 11.4. The predicted molar refractivity (Wildman–Crippen MR) is 108 cm³/mol. The Morgan fingerprint density at radius 3 is 2.52 bits per heavy atom. The molecule has 1 fully saturated rings. The molecule has 1 N–H and O–H groups in total. The van der Waals surface area contributed by atoms with Crippen molar-refractivity contribution >= 4 is 17.5 Å². The molecule has 5 nitrogen and oxygen atoms in total. The van der Waals surface area contributed by atoms with E-state index in [0.29, 0.717) is 12.5 Å². The van der Waals surface area contributed by atoms with Crippen molar-refractivity contribution in [2.24, 2.45) is 0 Å². The maximum absolute atomic E-state index is 5.68. The highest BCUT2D eigenvalue weighted by molar-refractivity contribution is 5.58. The van der Waals surface area contributed by atoms with Gasteiger partial charge in [-0.15, -0.1) is 0 Å². The average Bonchev–Trinajstić information content (AvgIpc) is 3.26. The van der Waals surface area contributed by atoms with E-state index in [4.69, 9.17) is 9.72 Å². The molecule has 0 bridgehead atoms. The second-order valence-corrected chi connectivity index (χ2v) is 6.67. The Hall–Kier alpha value is -2.92. The number of anilines is 3. The Kier molecular flexibility index (Phi) is 5.60. The molecular formula is C22H24N4O. The molecule has 0 spiro atoms. The van der Waals surface area contributed by atoms with Gasteiger partial charge in [-0.05, 0) is 36.6 Å². The van der Waals surface area contributed by atoms with E-state index >= 15 is 0 Å². The number of aromatic nitrogens is 2. The van der Waals surface area contributed by atoms with Gasteiger partial charge in [0.25, 0.3) is 0 Å². The van der Waals surface area contributed by atoms with Crippen molar-refractivity contribution in [2.45, 2.75) is 25.5 Å². The Morgan fingerprint density at radius 2 is 1.78 bits per heavy atom. The first-order valence-corrected chi connectivity index (χ1v) is 9.43. The number of nitrogens with one attached hydrogen (secondary N) is 1. The van der Waals surface area contributed by atoms with Crippen molar-refractivity contribution in [1.82, 2.24) is 9.97 Å². The van der Waals surface area contributed by atoms with Gasteiger partial charge < -0.3 is 15.0 Å². The van der Waals surface area contributed by atoms with Gasteiger partial charge in [0.2, 0.25) is 5.95 Å². The number of para-hydroxylation sites is 1. The Labute approximate surface area is 160 Å². The molecule has 0 radical (unpaired) electrons. The van der Waals surface area contributed by atoms with Crippen LogP contribution in [0.15, 0.2) is 72.9 Å². The number of hydrogen-bond donors (Lipinski definition) is 1. The Balaban J connectivity index is 1.56. The van der Waals surface area contributed by atoms with Crippen molar-refractivity contribution in [2.75, 3.05) is 23.4 Å². The van der Waals surface area contributed by atoms with E-state index in [9.17, 15) is 0 Å². The first-order chi connectivity index (χ1) is 13.4. The number of benzene rings is 2. The highest BCUT2D eigenvalue weighted by Crippen LogP contribution is 2.25. The zero-order chi connectivity index (χ0) is 18.3. The summed E-state index contributed by atoms with van der Waals surface area (Å²) in [6.07, 6.45) is 4.33. The highest BCUT2D eigenvalue weighted by atomic mass is 16.5. The van der Waals surface area contributed by atoms with Gasteiger partial charge in [-0.2, -0.15) is 4.98 Å². The second kappa shape index (κ2) is 8.64. The number of rotatable bonds is 7. The lowest BCUT2D eigenvalue weighted by atomic mass is 10.2. The third kappa shape index (κ3) is 4.63. The maximum Gasteiger partial charge on any atom is 0.232 e. The van der Waals surface area contributed by atoms with Gasteiger partial charge in [0.15, 0.2) is 0 Å². The third-order valence-corrected chi connectivity index (χ3v) is 4.67. The minimum absolute atomic E-state index is 0.276. The van der Waals surface area contributed by atoms with Crippen LogP contribution in [0.4, 0.5) is 17.5 Å². The van der Waals surface area contributed by atoms with E-state index in [-0.39, 0.29) is 6.10 Å². The van der Waals surface area contributed by atoms with Crippen LogP contribution in [0.5, 0.6) is 0 Å². The smallest absolute Gasteiger partial charge is 0.232 e. The van der Waals surface area contributed by atoms with Gasteiger partial charge in [0.1, 0.15) is 5.82 Å². The van der Waals surface area contributed by atoms with E-state index in [0.717, 1.165) is 37.5 Å². The van der Waals surface area contributed by atoms with E-state index in [1.165, 1.54) is 5.56 Å². The first-order valence-electron chi connectivity index (χ1n) is 9.43. The van der Waals surface area contributed by atoms with E-state index in [1.54, 1.807) is 6.20 Å². The molecule has 0 aliphatic carbocycles. The molecule has 0 amide bonds. The minimum Gasteiger partial charge on any atom is -0.376 e. The topological polar surface area (TPSA) is 50.3 Å². The summed E-state index contributed by atoms with van der Waals surface area (Å²) in [6.45, 7) is 2.35. The molecule has 1 saturated heterocycles. The van der Waals surface area contributed by atoms with Crippen LogP contribution < -0.4 is 10.2 Å². The van der Waals surface area contributed by atoms with Crippen LogP contribution in [-0.4, -0.2) is 29.2 Å². The summed E-state index contributed by atoms with van der Waals surface area (Å²) >= 11 is 0. The van der Waals surface area contributed by atoms with E-state index in [1.807, 2.05) is 30.3 Å². The Bertz CT molecular complexity index is 835. The van der Waals surface area contributed by atoms with Crippen LogP contribution in [0.1, 0.15) is 18.4 Å². The standard InChI is InChI=1S/C22H24N4O/c1-3-8-18(9-4-1)17-26(19-10-5-2-6-11-19)22-23-14-13-21(25-22)24-16-20-12-7-15-27-20/h1-6,8-11,13-14,20H,7,12,15-17H2,(H,23,24,25).